The molecule has 0 atom stereocenters. The van der Waals surface area contributed by atoms with E-state index in [0.717, 1.165) is 4.47 Å². The zero-order valence-corrected chi connectivity index (χ0v) is 15.4. The first-order chi connectivity index (χ1) is 9.77. The summed E-state index contributed by atoms with van der Waals surface area (Å²) in [4.78, 5) is 2.54. The molecule has 1 nitrogen and oxygen atoms in total. The largest absolute Gasteiger partial charge is 0.372 e. The second kappa shape index (κ2) is 13.5. The van der Waals surface area contributed by atoms with Crippen LogP contribution in [-0.4, -0.2) is 13.1 Å². The summed E-state index contributed by atoms with van der Waals surface area (Å²) in [6.45, 7) is 10.9. The molecule has 0 aliphatic heterocycles. The summed E-state index contributed by atoms with van der Waals surface area (Å²) in [5.74, 6) is 0. The fraction of sp³-hybridized carbons (Fsp3) is 0.667. The van der Waals surface area contributed by atoms with Gasteiger partial charge in [-0.15, -0.1) is 0 Å². The van der Waals surface area contributed by atoms with Gasteiger partial charge in [0, 0.05) is 23.2 Å². The lowest BCUT2D eigenvalue weighted by atomic mass is 10.2. The molecule has 0 spiro atoms. The first-order valence-corrected chi connectivity index (χ1v) is 9.07. The number of hydrogen-bond donors (Lipinski definition) is 0. The Hall–Kier alpha value is -0.500. The number of benzene rings is 1. The molecule has 0 aliphatic rings. The van der Waals surface area contributed by atoms with Crippen LogP contribution in [0.1, 0.15) is 66.2 Å². The topological polar surface area (TPSA) is 3.24 Å². The van der Waals surface area contributed by atoms with Gasteiger partial charge in [-0.2, -0.15) is 0 Å². The predicted molar refractivity (Wildman–Crippen MR) is 96.8 cm³/mol. The minimum absolute atomic E-state index is 1.16. The summed E-state index contributed by atoms with van der Waals surface area (Å²) in [6.07, 6.45) is 7.87. The molecule has 0 fully saturated rings. The molecular formula is C18H32BrN. The standard InChI is InChI=1S/C16H26BrN.C2H6/c1-3-5-7-13-18(14-8-6-4-2)16-11-9-15(17)10-12-16;1-2/h9-12H,3-8,13-14H2,1-2H3;1-2H3. The Kier molecular flexibility index (Phi) is 13.1. The van der Waals surface area contributed by atoms with E-state index in [0.29, 0.717) is 0 Å². The average molecular weight is 342 g/mol. The van der Waals surface area contributed by atoms with Gasteiger partial charge in [0.1, 0.15) is 0 Å². The fourth-order valence-corrected chi connectivity index (χ4v) is 2.39. The van der Waals surface area contributed by atoms with E-state index in [1.165, 1.54) is 57.3 Å². The molecule has 0 bridgehead atoms. The highest BCUT2D eigenvalue weighted by molar-refractivity contribution is 9.10. The molecule has 1 aromatic rings. The normalized spacial score (nSPS) is 9.85. The summed E-state index contributed by atoms with van der Waals surface area (Å²) in [5.41, 5.74) is 1.37. The van der Waals surface area contributed by atoms with Crippen molar-refractivity contribution in [1.29, 1.82) is 0 Å². The molecular weight excluding hydrogens is 310 g/mol. The molecule has 116 valence electrons. The molecule has 0 radical (unpaired) electrons. The van der Waals surface area contributed by atoms with Crippen LogP contribution in [0.25, 0.3) is 0 Å². The average Bonchev–Trinajstić information content (AvgIpc) is 2.49. The lowest BCUT2D eigenvalue weighted by molar-refractivity contribution is 0.636. The van der Waals surface area contributed by atoms with E-state index in [9.17, 15) is 0 Å². The summed E-state index contributed by atoms with van der Waals surface area (Å²) < 4.78 is 1.16. The third-order valence-corrected chi connectivity index (χ3v) is 3.78. The van der Waals surface area contributed by atoms with Gasteiger partial charge < -0.3 is 4.90 Å². The van der Waals surface area contributed by atoms with Crippen molar-refractivity contribution in [2.75, 3.05) is 18.0 Å². The maximum Gasteiger partial charge on any atom is 0.0366 e. The van der Waals surface area contributed by atoms with Gasteiger partial charge in [0.25, 0.3) is 0 Å². The maximum absolute atomic E-state index is 3.50. The van der Waals surface area contributed by atoms with Crippen LogP contribution in [0, 0.1) is 0 Å². The van der Waals surface area contributed by atoms with Crippen molar-refractivity contribution in [3.63, 3.8) is 0 Å². The lowest BCUT2D eigenvalue weighted by Gasteiger charge is -2.25. The van der Waals surface area contributed by atoms with E-state index in [-0.39, 0.29) is 0 Å². The van der Waals surface area contributed by atoms with Gasteiger partial charge >= 0.3 is 0 Å². The monoisotopic (exact) mass is 341 g/mol. The first kappa shape index (κ1) is 19.5. The van der Waals surface area contributed by atoms with Gasteiger partial charge in [-0.05, 0) is 37.1 Å². The van der Waals surface area contributed by atoms with Crippen LogP contribution >= 0.6 is 15.9 Å². The van der Waals surface area contributed by atoms with Crippen molar-refractivity contribution in [2.24, 2.45) is 0 Å². The number of hydrogen-bond acceptors (Lipinski definition) is 1. The third-order valence-electron chi connectivity index (χ3n) is 3.25. The molecule has 0 saturated heterocycles. The van der Waals surface area contributed by atoms with Gasteiger partial charge in [-0.25, -0.2) is 0 Å². The molecule has 0 heterocycles. The van der Waals surface area contributed by atoms with Crippen molar-refractivity contribution < 1.29 is 0 Å². The number of nitrogens with zero attached hydrogens (tertiary/aromatic N) is 1. The van der Waals surface area contributed by atoms with Crippen molar-refractivity contribution in [2.45, 2.75) is 66.2 Å². The highest BCUT2D eigenvalue weighted by Gasteiger charge is 2.05. The number of rotatable bonds is 9. The quantitative estimate of drug-likeness (QED) is 0.453. The second-order valence-corrected chi connectivity index (χ2v) is 5.79. The van der Waals surface area contributed by atoms with Crippen LogP contribution in [0.3, 0.4) is 0 Å². The van der Waals surface area contributed by atoms with E-state index in [4.69, 9.17) is 0 Å². The molecule has 2 heteroatoms. The second-order valence-electron chi connectivity index (χ2n) is 4.88. The summed E-state index contributed by atoms with van der Waals surface area (Å²) >= 11 is 3.50. The molecule has 20 heavy (non-hydrogen) atoms. The van der Waals surface area contributed by atoms with Crippen molar-refractivity contribution >= 4 is 21.6 Å². The SMILES string of the molecule is CC.CCCCCN(CCCCC)c1ccc(Br)cc1. The molecule has 1 rings (SSSR count). The highest BCUT2D eigenvalue weighted by atomic mass is 79.9. The Morgan fingerprint density at radius 1 is 0.800 bits per heavy atom. The Balaban J connectivity index is 0.00000172. The number of anilines is 1. The molecule has 0 N–H and O–H groups in total. The summed E-state index contributed by atoms with van der Waals surface area (Å²) in [6, 6.07) is 8.73. The minimum atomic E-state index is 1.16. The molecule has 0 aliphatic carbocycles. The van der Waals surface area contributed by atoms with Crippen LogP contribution < -0.4 is 4.90 Å². The zero-order valence-electron chi connectivity index (χ0n) is 13.8. The predicted octanol–water partition coefficient (Wildman–Crippen LogP) is 6.66. The van der Waals surface area contributed by atoms with E-state index in [1.807, 2.05) is 13.8 Å². The van der Waals surface area contributed by atoms with Gasteiger partial charge in [-0.3, -0.25) is 0 Å². The van der Waals surface area contributed by atoms with Gasteiger partial charge in [0.05, 0.1) is 0 Å². The Morgan fingerprint density at radius 3 is 1.65 bits per heavy atom. The summed E-state index contributed by atoms with van der Waals surface area (Å²) in [5, 5.41) is 0. The van der Waals surface area contributed by atoms with E-state index < -0.39 is 0 Å². The van der Waals surface area contributed by atoms with Crippen molar-refractivity contribution in [3.8, 4) is 0 Å². The zero-order chi connectivity index (χ0) is 15.2. The molecule has 0 amide bonds. The summed E-state index contributed by atoms with van der Waals surface area (Å²) in [7, 11) is 0. The van der Waals surface area contributed by atoms with Gasteiger partial charge in [0.15, 0.2) is 0 Å². The molecule has 1 aromatic carbocycles. The van der Waals surface area contributed by atoms with Gasteiger partial charge in [-0.1, -0.05) is 69.3 Å². The molecule has 0 unspecified atom stereocenters. The van der Waals surface area contributed by atoms with Crippen molar-refractivity contribution in [1.82, 2.24) is 0 Å². The lowest BCUT2D eigenvalue weighted by Crippen LogP contribution is -2.25. The van der Waals surface area contributed by atoms with Crippen LogP contribution in [0.5, 0.6) is 0 Å². The van der Waals surface area contributed by atoms with Crippen LogP contribution in [0.2, 0.25) is 0 Å². The van der Waals surface area contributed by atoms with E-state index in [1.54, 1.807) is 0 Å². The molecule has 0 aromatic heterocycles. The first-order valence-electron chi connectivity index (χ1n) is 8.28. The van der Waals surface area contributed by atoms with E-state index in [2.05, 4.69) is 58.9 Å². The number of unbranched alkanes of at least 4 members (excludes halogenated alkanes) is 4. The Labute approximate surface area is 134 Å². The fourth-order valence-electron chi connectivity index (χ4n) is 2.13. The Bertz CT molecular complexity index is 298. The van der Waals surface area contributed by atoms with Crippen LogP contribution in [0.15, 0.2) is 28.7 Å². The third kappa shape index (κ3) is 8.63. The molecule has 0 saturated carbocycles. The van der Waals surface area contributed by atoms with E-state index >= 15 is 0 Å². The smallest absolute Gasteiger partial charge is 0.0366 e. The van der Waals surface area contributed by atoms with Crippen molar-refractivity contribution in [3.05, 3.63) is 28.7 Å². The van der Waals surface area contributed by atoms with Gasteiger partial charge in [0.2, 0.25) is 0 Å². The number of halogens is 1. The van der Waals surface area contributed by atoms with Crippen LogP contribution in [0.4, 0.5) is 5.69 Å². The maximum atomic E-state index is 3.50. The Morgan fingerprint density at radius 2 is 1.25 bits per heavy atom. The highest BCUT2D eigenvalue weighted by Crippen LogP contribution is 2.19. The van der Waals surface area contributed by atoms with Crippen LogP contribution in [-0.2, 0) is 0 Å². The minimum Gasteiger partial charge on any atom is -0.372 e.